The summed E-state index contributed by atoms with van der Waals surface area (Å²) < 4.78 is 14.1. The number of benzene rings is 1. The van der Waals surface area contributed by atoms with E-state index in [9.17, 15) is 0 Å². The number of nitrogens with zero attached hydrogens (tertiary/aromatic N) is 4. The lowest BCUT2D eigenvalue weighted by atomic mass is 10.2. The van der Waals surface area contributed by atoms with Gasteiger partial charge in [-0.15, -0.1) is 0 Å². The van der Waals surface area contributed by atoms with E-state index in [1.54, 1.807) is 7.11 Å². The van der Waals surface area contributed by atoms with Gasteiger partial charge in [0.25, 0.3) is 6.01 Å². The first-order valence-corrected chi connectivity index (χ1v) is 9.15. The van der Waals surface area contributed by atoms with Crippen LogP contribution in [0.1, 0.15) is 25.3 Å². The molecule has 0 unspecified atom stereocenters. The molecule has 0 saturated carbocycles. The van der Waals surface area contributed by atoms with Crippen LogP contribution in [0.2, 0.25) is 0 Å². The highest BCUT2D eigenvalue weighted by atomic mass is 127. The summed E-state index contributed by atoms with van der Waals surface area (Å²) in [6, 6.07) is 8.94. The number of imidazole rings is 1. The van der Waals surface area contributed by atoms with Crippen molar-refractivity contribution in [3.8, 4) is 12.0 Å². The third-order valence-electron chi connectivity index (χ3n) is 3.71. The number of nitrogen functional groups attached to an aromatic ring is 1. The summed E-state index contributed by atoms with van der Waals surface area (Å²) >= 11 is 2.29. The summed E-state index contributed by atoms with van der Waals surface area (Å²) in [6.07, 6.45) is 1.97. The van der Waals surface area contributed by atoms with Crippen molar-refractivity contribution in [3.63, 3.8) is 0 Å². The molecule has 0 fully saturated rings. The average molecular weight is 453 g/mol. The molecular weight excluding hydrogens is 433 g/mol. The van der Waals surface area contributed by atoms with E-state index in [4.69, 9.17) is 15.2 Å². The molecule has 0 aliphatic heterocycles. The van der Waals surface area contributed by atoms with Crippen LogP contribution in [-0.2, 0) is 6.54 Å². The molecule has 0 bridgehead atoms. The Morgan fingerprint density at radius 1 is 1.24 bits per heavy atom. The van der Waals surface area contributed by atoms with Crippen LogP contribution < -0.4 is 15.2 Å². The van der Waals surface area contributed by atoms with E-state index in [-0.39, 0.29) is 11.8 Å². The van der Waals surface area contributed by atoms with Crippen molar-refractivity contribution < 1.29 is 9.47 Å². The summed E-state index contributed by atoms with van der Waals surface area (Å²) in [4.78, 5) is 13.1. The number of rotatable bonds is 7. The second-order valence-corrected chi connectivity index (χ2v) is 6.83. The van der Waals surface area contributed by atoms with Gasteiger partial charge in [0.2, 0.25) is 0 Å². The maximum atomic E-state index is 6.05. The minimum Gasteiger partial charge on any atom is -0.468 e. The van der Waals surface area contributed by atoms with Crippen LogP contribution in [0, 0.1) is 3.57 Å². The Hall–Kier alpha value is -2.10. The van der Waals surface area contributed by atoms with Crippen LogP contribution in [0.5, 0.6) is 12.0 Å². The van der Waals surface area contributed by atoms with E-state index in [0.29, 0.717) is 30.3 Å². The van der Waals surface area contributed by atoms with Gasteiger partial charge in [0, 0.05) is 3.57 Å². The molecule has 0 spiro atoms. The van der Waals surface area contributed by atoms with Gasteiger partial charge in [-0.25, -0.2) is 0 Å². The first kappa shape index (κ1) is 17.7. The van der Waals surface area contributed by atoms with Crippen LogP contribution >= 0.6 is 22.6 Å². The fraction of sp³-hybridized carbons (Fsp3) is 0.353. The van der Waals surface area contributed by atoms with Crippen molar-refractivity contribution in [1.82, 2.24) is 19.5 Å². The SMILES string of the molecule is CCCCOc1nc(N)c2nc(OC)n(Cc3cccc(I)c3)c2n1. The summed E-state index contributed by atoms with van der Waals surface area (Å²) in [5.41, 5.74) is 8.30. The predicted octanol–water partition coefficient (Wildman–Crippen LogP) is 3.25. The van der Waals surface area contributed by atoms with E-state index in [0.717, 1.165) is 22.0 Å². The summed E-state index contributed by atoms with van der Waals surface area (Å²) in [5, 5.41) is 0. The van der Waals surface area contributed by atoms with E-state index < -0.39 is 0 Å². The number of nitrogens with two attached hydrogens (primary N) is 1. The molecule has 2 heterocycles. The quantitative estimate of drug-likeness (QED) is 0.437. The number of fused-ring (bicyclic) bond motifs is 1. The lowest BCUT2D eigenvalue weighted by Gasteiger charge is -2.09. The highest BCUT2D eigenvalue weighted by Crippen LogP contribution is 2.26. The molecule has 0 atom stereocenters. The third-order valence-corrected chi connectivity index (χ3v) is 4.38. The number of hydrogen-bond donors (Lipinski definition) is 1. The van der Waals surface area contributed by atoms with Crippen molar-refractivity contribution in [2.24, 2.45) is 0 Å². The van der Waals surface area contributed by atoms with Crippen molar-refractivity contribution in [1.29, 1.82) is 0 Å². The molecule has 25 heavy (non-hydrogen) atoms. The minimum absolute atomic E-state index is 0.268. The largest absolute Gasteiger partial charge is 0.468 e. The van der Waals surface area contributed by atoms with Crippen molar-refractivity contribution >= 4 is 39.6 Å². The molecule has 3 aromatic rings. The summed E-state index contributed by atoms with van der Waals surface area (Å²) in [6.45, 7) is 3.23. The van der Waals surface area contributed by atoms with Gasteiger partial charge >= 0.3 is 6.01 Å². The zero-order valence-electron chi connectivity index (χ0n) is 14.2. The Kier molecular flexibility index (Phi) is 5.57. The fourth-order valence-corrected chi connectivity index (χ4v) is 3.08. The molecule has 0 saturated heterocycles. The number of halogens is 1. The number of ether oxygens (including phenoxy) is 2. The highest BCUT2D eigenvalue weighted by Gasteiger charge is 2.18. The van der Waals surface area contributed by atoms with Gasteiger partial charge in [0.05, 0.1) is 20.3 Å². The molecule has 1 aromatic carbocycles. The van der Waals surface area contributed by atoms with Crippen molar-refractivity contribution in [3.05, 3.63) is 33.4 Å². The van der Waals surface area contributed by atoms with Gasteiger partial charge in [-0.2, -0.15) is 15.0 Å². The lowest BCUT2D eigenvalue weighted by Crippen LogP contribution is -2.07. The zero-order valence-corrected chi connectivity index (χ0v) is 16.4. The van der Waals surface area contributed by atoms with Crippen LogP contribution in [0.3, 0.4) is 0 Å². The molecule has 0 aliphatic rings. The van der Waals surface area contributed by atoms with Crippen LogP contribution in [0.25, 0.3) is 11.2 Å². The van der Waals surface area contributed by atoms with Crippen molar-refractivity contribution in [2.45, 2.75) is 26.3 Å². The number of methoxy groups -OCH3 is 1. The first-order chi connectivity index (χ1) is 12.1. The Labute approximate surface area is 159 Å². The molecule has 7 nitrogen and oxygen atoms in total. The van der Waals surface area contributed by atoms with E-state index in [1.165, 1.54) is 0 Å². The first-order valence-electron chi connectivity index (χ1n) is 8.07. The fourth-order valence-electron chi connectivity index (χ4n) is 2.47. The normalized spacial score (nSPS) is 11.0. The average Bonchev–Trinajstić information content (AvgIpc) is 2.94. The Morgan fingerprint density at radius 2 is 2.08 bits per heavy atom. The molecule has 2 aromatic heterocycles. The minimum atomic E-state index is 0.268. The molecule has 8 heteroatoms. The predicted molar refractivity (Wildman–Crippen MR) is 105 cm³/mol. The Morgan fingerprint density at radius 3 is 2.80 bits per heavy atom. The number of aromatic nitrogens is 4. The molecular formula is C17H20IN5O2. The molecule has 3 rings (SSSR count). The van der Waals surface area contributed by atoms with E-state index in [2.05, 4.69) is 56.6 Å². The molecule has 132 valence electrons. The van der Waals surface area contributed by atoms with Crippen LogP contribution in [-0.4, -0.2) is 33.2 Å². The second-order valence-electron chi connectivity index (χ2n) is 5.58. The van der Waals surface area contributed by atoms with Crippen molar-refractivity contribution in [2.75, 3.05) is 19.5 Å². The maximum absolute atomic E-state index is 6.05. The zero-order chi connectivity index (χ0) is 17.8. The third kappa shape index (κ3) is 3.94. The van der Waals surface area contributed by atoms with Crippen LogP contribution in [0.4, 0.5) is 5.82 Å². The highest BCUT2D eigenvalue weighted by molar-refractivity contribution is 14.1. The standard InChI is InChI=1S/C17H20IN5O2/c1-3-4-8-25-16-21-14(19)13-15(22-16)23(17(20-13)24-2)10-11-6-5-7-12(18)9-11/h5-7,9H,3-4,8,10H2,1-2H3,(H2,19,21,22). The van der Waals surface area contributed by atoms with E-state index >= 15 is 0 Å². The maximum Gasteiger partial charge on any atom is 0.320 e. The van der Waals surface area contributed by atoms with Gasteiger partial charge in [-0.05, 0) is 46.7 Å². The number of unbranched alkanes of at least 4 members (excludes halogenated alkanes) is 1. The Balaban J connectivity index is 2.02. The summed E-state index contributed by atoms with van der Waals surface area (Å²) in [5.74, 6) is 0.288. The van der Waals surface area contributed by atoms with E-state index in [1.807, 2.05) is 16.7 Å². The van der Waals surface area contributed by atoms with Gasteiger partial charge in [-0.3, -0.25) is 4.57 Å². The number of hydrogen-bond acceptors (Lipinski definition) is 6. The smallest absolute Gasteiger partial charge is 0.320 e. The molecule has 0 amide bonds. The topological polar surface area (TPSA) is 88.1 Å². The van der Waals surface area contributed by atoms with Gasteiger partial charge in [0.15, 0.2) is 17.0 Å². The summed E-state index contributed by atoms with van der Waals surface area (Å²) in [7, 11) is 1.58. The van der Waals surface area contributed by atoms with Gasteiger partial charge < -0.3 is 15.2 Å². The number of anilines is 1. The van der Waals surface area contributed by atoms with Gasteiger partial charge in [-0.1, -0.05) is 25.5 Å². The molecule has 0 aliphatic carbocycles. The van der Waals surface area contributed by atoms with Crippen LogP contribution in [0.15, 0.2) is 24.3 Å². The molecule has 0 radical (unpaired) electrons. The second kappa shape index (κ2) is 7.85. The Bertz CT molecular complexity index is 881. The van der Waals surface area contributed by atoms with Gasteiger partial charge in [0.1, 0.15) is 0 Å². The molecule has 2 N–H and O–H groups in total. The monoisotopic (exact) mass is 453 g/mol. The lowest BCUT2D eigenvalue weighted by molar-refractivity contribution is 0.286.